The van der Waals surface area contributed by atoms with Gasteiger partial charge < -0.3 is 15.4 Å². The smallest absolute Gasteiger partial charge is 0.341 e. The fraction of sp³-hybridized carbons (Fsp3) is 0.174. The van der Waals surface area contributed by atoms with Crippen molar-refractivity contribution in [3.8, 4) is 0 Å². The number of carbonyl (C=O) groups is 3. The average molecular weight is 423 g/mol. The molecule has 0 aliphatic rings. The number of rotatable bonds is 6. The summed E-state index contributed by atoms with van der Waals surface area (Å²) < 4.78 is 5.16. The van der Waals surface area contributed by atoms with E-state index in [0.717, 1.165) is 16.9 Å². The van der Waals surface area contributed by atoms with Gasteiger partial charge in [0.05, 0.1) is 17.0 Å². The van der Waals surface area contributed by atoms with Crippen LogP contribution in [0, 0.1) is 13.8 Å². The highest BCUT2D eigenvalue weighted by atomic mass is 32.1. The molecule has 0 fully saturated rings. The molecule has 2 aromatic carbocycles. The van der Waals surface area contributed by atoms with Gasteiger partial charge in [0.1, 0.15) is 5.00 Å². The van der Waals surface area contributed by atoms with E-state index in [0.29, 0.717) is 21.7 Å². The molecule has 2 amide bonds. The van der Waals surface area contributed by atoms with Crippen LogP contribution < -0.4 is 10.6 Å². The van der Waals surface area contributed by atoms with Crippen LogP contribution in [0.5, 0.6) is 0 Å². The van der Waals surface area contributed by atoms with Crippen molar-refractivity contribution in [2.45, 2.75) is 20.8 Å². The zero-order valence-corrected chi connectivity index (χ0v) is 17.8. The lowest BCUT2D eigenvalue weighted by molar-refractivity contribution is 0.0527. The number of para-hydroxylation sites is 1. The van der Waals surface area contributed by atoms with Gasteiger partial charge in [0.25, 0.3) is 11.8 Å². The van der Waals surface area contributed by atoms with E-state index in [2.05, 4.69) is 10.6 Å². The third-order valence-corrected chi connectivity index (χ3v) is 5.69. The molecule has 3 rings (SSSR count). The van der Waals surface area contributed by atoms with Gasteiger partial charge in [-0.25, -0.2) is 4.79 Å². The second-order valence-corrected chi connectivity index (χ2v) is 7.59. The Hall–Kier alpha value is -3.45. The maximum Gasteiger partial charge on any atom is 0.341 e. The predicted octanol–water partition coefficient (Wildman–Crippen LogP) is 5.05. The molecule has 0 aliphatic heterocycles. The molecule has 1 heterocycles. The van der Waals surface area contributed by atoms with E-state index in [4.69, 9.17) is 4.74 Å². The van der Waals surface area contributed by atoms with E-state index < -0.39 is 5.97 Å². The van der Waals surface area contributed by atoms with Gasteiger partial charge in [-0.15, -0.1) is 11.3 Å². The lowest BCUT2D eigenvalue weighted by Crippen LogP contribution is -2.16. The van der Waals surface area contributed by atoms with Crippen molar-refractivity contribution >= 4 is 39.8 Å². The van der Waals surface area contributed by atoms with E-state index in [9.17, 15) is 14.4 Å². The highest BCUT2D eigenvalue weighted by Gasteiger charge is 2.27. The van der Waals surface area contributed by atoms with Crippen LogP contribution in [0.25, 0.3) is 0 Å². The largest absolute Gasteiger partial charge is 0.462 e. The van der Waals surface area contributed by atoms with Crippen LogP contribution in [0.2, 0.25) is 0 Å². The average Bonchev–Trinajstić information content (AvgIpc) is 3.05. The molecule has 154 valence electrons. The fourth-order valence-electron chi connectivity index (χ4n) is 2.97. The Morgan fingerprint density at radius 3 is 2.23 bits per heavy atom. The van der Waals surface area contributed by atoms with Gasteiger partial charge in [0.15, 0.2) is 0 Å². The molecule has 0 spiro atoms. The zero-order chi connectivity index (χ0) is 21.7. The van der Waals surface area contributed by atoms with E-state index >= 15 is 0 Å². The molecule has 0 saturated carbocycles. The van der Waals surface area contributed by atoms with Crippen molar-refractivity contribution in [2.75, 3.05) is 17.2 Å². The molecule has 7 heteroatoms. The first-order valence-corrected chi connectivity index (χ1v) is 10.3. The van der Waals surface area contributed by atoms with Gasteiger partial charge in [-0.1, -0.05) is 36.4 Å². The van der Waals surface area contributed by atoms with Crippen LogP contribution in [0.15, 0.2) is 54.6 Å². The van der Waals surface area contributed by atoms with E-state index in [-0.39, 0.29) is 29.0 Å². The number of hydrogen-bond donors (Lipinski definition) is 2. The molecule has 30 heavy (non-hydrogen) atoms. The molecule has 3 aromatic rings. The first-order valence-electron chi connectivity index (χ1n) is 9.46. The van der Waals surface area contributed by atoms with E-state index in [1.165, 1.54) is 0 Å². The molecule has 0 bridgehead atoms. The molecule has 1 aromatic heterocycles. The normalized spacial score (nSPS) is 10.4. The first-order chi connectivity index (χ1) is 14.4. The third kappa shape index (κ3) is 4.58. The molecular weight excluding hydrogens is 400 g/mol. The first kappa shape index (κ1) is 21.3. The SMILES string of the molecule is CCOC(=O)c1c(NC(=O)c2ccccc2C)sc(C(=O)Nc2ccccc2)c1C. The van der Waals surface area contributed by atoms with Crippen molar-refractivity contribution in [3.63, 3.8) is 0 Å². The number of aryl methyl sites for hydroxylation is 1. The van der Waals surface area contributed by atoms with Crippen molar-refractivity contribution in [2.24, 2.45) is 0 Å². The maximum absolute atomic E-state index is 12.8. The van der Waals surface area contributed by atoms with Crippen LogP contribution in [0.1, 0.15) is 48.4 Å². The highest BCUT2D eigenvalue weighted by molar-refractivity contribution is 7.19. The summed E-state index contributed by atoms with van der Waals surface area (Å²) >= 11 is 1.05. The lowest BCUT2D eigenvalue weighted by atomic mass is 10.1. The molecule has 0 atom stereocenters. The molecule has 2 N–H and O–H groups in total. The minimum Gasteiger partial charge on any atom is -0.462 e. The van der Waals surface area contributed by atoms with Crippen LogP contribution in [-0.2, 0) is 4.74 Å². The van der Waals surface area contributed by atoms with Gasteiger partial charge in [-0.3, -0.25) is 9.59 Å². The van der Waals surface area contributed by atoms with Gasteiger partial charge in [-0.05, 0) is 50.1 Å². The van der Waals surface area contributed by atoms with Crippen LogP contribution in [0.4, 0.5) is 10.7 Å². The number of esters is 1. The standard InChI is InChI=1S/C23H22N2O4S/c1-4-29-23(28)18-15(3)19(21(27)24-16-11-6-5-7-12-16)30-22(18)25-20(26)17-13-9-8-10-14(17)2/h5-13H,4H2,1-3H3,(H,24,27)(H,25,26). The summed E-state index contributed by atoms with van der Waals surface area (Å²) in [4.78, 5) is 38.5. The topological polar surface area (TPSA) is 84.5 Å². The van der Waals surface area contributed by atoms with Crippen LogP contribution in [-0.4, -0.2) is 24.4 Å². The minimum absolute atomic E-state index is 0.185. The van der Waals surface area contributed by atoms with Gasteiger partial charge in [-0.2, -0.15) is 0 Å². The summed E-state index contributed by atoms with van der Waals surface area (Å²) in [7, 11) is 0. The number of hydrogen-bond acceptors (Lipinski definition) is 5. The van der Waals surface area contributed by atoms with Gasteiger partial charge in [0.2, 0.25) is 0 Å². The van der Waals surface area contributed by atoms with E-state index in [1.54, 1.807) is 38.1 Å². The summed E-state index contributed by atoms with van der Waals surface area (Å²) in [5.74, 6) is -1.29. The molecule has 0 saturated heterocycles. The Bertz CT molecular complexity index is 1090. The Labute approximate surface area is 178 Å². The highest BCUT2D eigenvalue weighted by Crippen LogP contribution is 2.34. The third-order valence-electron chi connectivity index (χ3n) is 4.48. The van der Waals surface area contributed by atoms with Crippen LogP contribution >= 0.6 is 11.3 Å². The number of nitrogens with one attached hydrogen (secondary N) is 2. The van der Waals surface area contributed by atoms with Crippen molar-refractivity contribution in [1.82, 2.24) is 0 Å². The number of thiophene rings is 1. The summed E-state index contributed by atoms with van der Waals surface area (Å²) in [5.41, 5.74) is 2.60. The Kier molecular flexibility index (Phi) is 6.64. The predicted molar refractivity (Wildman–Crippen MR) is 119 cm³/mol. The maximum atomic E-state index is 12.8. The van der Waals surface area contributed by atoms with Gasteiger partial charge >= 0.3 is 5.97 Å². The number of benzene rings is 2. The number of amides is 2. The second kappa shape index (κ2) is 9.37. The summed E-state index contributed by atoms with van der Waals surface area (Å²) in [6.07, 6.45) is 0. The Morgan fingerprint density at radius 2 is 1.57 bits per heavy atom. The molecular formula is C23H22N2O4S. The Morgan fingerprint density at radius 1 is 0.900 bits per heavy atom. The van der Waals surface area contributed by atoms with Crippen LogP contribution in [0.3, 0.4) is 0 Å². The molecule has 0 unspecified atom stereocenters. The fourth-order valence-corrected chi connectivity index (χ4v) is 4.06. The van der Waals surface area contributed by atoms with E-state index in [1.807, 2.05) is 37.3 Å². The number of carbonyl (C=O) groups excluding carboxylic acids is 3. The van der Waals surface area contributed by atoms with Crippen molar-refractivity contribution in [3.05, 3.63) is 81.7 Å². The Balaban J connectivity index is 1.96. The zero-order valence-electron chi connectivity index (χ0n) is 16.9. The van der Waals surface area contributed by atoms with Crippen molar-refractivity contribution < 1.29 is 19.1 Å². The number of ether oxygens (including phenoxy) is 1. The molecule has 0 aliphatic carbocycles. The minimum atomic E-state index is -0.579. The molecule has 6 nitrogen and oxygen atoms in total. The number of anilines is 2. The molecule has 0 radical (unpaired) electrons. The summed E-state index contributed by atoms with van der Waals surface area (Å²) in [6, 6.07) is 16.2. The van der Waals surface area contributed by atoms with Gasteiger partial charge in [0, 0.05) is 11.3 Å². The quantitative estimate of drug-likeness (QED) is 0.545. The summed E-state index contributed by atoms with van der Waals surface area (Å²) in [5, 5.41) is 5.89. The van der Waals surface area contributed by atoms with Crippen molar-refractivity contribution in [1.29, 1.82) is 0 Å². The second-order valence-electron chi connectivity index (χ2n) is 6.57. The lowest BCUT2D eigenvalue weighted by Gasteiger charge is -2.08. The monoisotopic (exact) mass is 422 g/mol. The summed E-state index contributed by atoms with van der Waals surface area (Å²) in [6.45, 7) is 5.39.